The van der Waals surface area contributed by atoms with E-state index in [0.29, 0.717) is 61.5 Å². The van der Waals surface area contributed by atoms with Gasteiger partial charge in [-0.3, -0.25) is 9.36 Å². The Morgan fingerprint density at radius 1 is 1.09 bits per heavy atom. The van der Waals surface area contributed by atoms with Crippen molar-refractivity contribution in [1.82, 2.24) is 4.57 Å². The minimum Gasteiger partial charge on any atom is -0.493 e. The summed E-state index contributed by atoms with van der Waals surface area (Å²) in [6, 6.07) is 18.0. The van der Waals surface area contributed by atoms with E-state index in [1.165, 1.54) is 11.3 Å². The van der Waals surface area contributed by atoms with Crippen LogP contribution < -0.4 is 29.1 Å². The number of allylic oxidation sites excluding steroid dienone is 2. The maximum atomic E-state index is 14.2. The molecule has 0 N–H and O–H groups in total. The largest absolute Gasteiger partial charge is 0.493 e. The lowest BCUT2D eigenvalue weighted by molar-refractivity contribution is -0.139. The number of aromatic nitrogens is 1. The first-order chi connectivity index (χ1) is 22.6. The number of ether oxygens (including phenoxy) is 4. The third-order valence-electron chi connectivity index (χ3n) is 7.47. The SMILES string of the molecule is C=CCc1cc(/C=c2\sc3n(c2=O)[C@H](c2ccc(OC(C)C)c(OC)c2)C(C(=O)OCC)=C(C)N=3)ccc1OCc1ccccc1Cl. The Morgan fingerprint density at radius 3 is 2.55 bits per heavy atom. The molecule has 4 aromatic rings. The molecule has 10 heteroatoms. The molecule has 0 spiro atoms. The molecule has 2 heterocycles. The van der Waals surface area contributed by atoms with E-state index in [9.17, 15) is 9.59 Å². The maximum Gasteiger partial charge on any atom is 0.338 e. The number of esters is 1. The van der Waals surface area contributed by atoms with Gasteiger partial charge in [0.1, 0.15) is 12.4 Å². The summed E-state index contributed by atoms with van der Waals surface area (Å²) in [5.41, 5.74) is 3.77. The fourth-order valence-corrected chi connectivity index (χ4v) is 6.62. The fraction of sp³-hybridized carbons (Fsp3) is 0.270. The van der Waals surface area contributed by atoms with Gasteiger partial charge in [-0.2, -0.15) is 0 Å². The molecule has 1 aliphatic heterocycles. The summed E-state index contributed by atoms with van der Waals surface area (Å²) < 4.78 is 25.2. The van der Waals surface area contributed by atoms with Gasteiger partial charge >= 0.3 is 5.97 Å². The summed E-state index contributed by atoms with van der Waals surface area (Å²) in [5, 5.41) is 0.641. The van der Waals surface area contributed by atoms with Crippen LogP contribution in [0.2, 0.25) is 5.02 Å². The van der Waals surface area contributed by atoms with Gasteiger partial charge in [-0.25, -0.2) is 9.79 Å². The van der Waals surface area contributed by atoms with Crippen molar-refractivity contribution in [3.8, 4) is 17.2 Å². The molecule has 0 bridgehead atoms. The molecular formula is C37H37ClN2O6S. The standard InChI is InChI=1S/C37H37ClN2O6S/c1-7-11-25-18-24(14-16-29(25)45-21-27-12-9-10-13-28(27)38)19-32-35(41)40-34(26-15-17-30(46-22(3)4)31(20-26)43-6)33(36(42)44-8-2)23(5)39-37(40)47-32/h7,9-10,12-20,22,34H,1,8,11,21H2,2-6H3/b32-19-/t34-/m1/s1. The van der Waals surface area contributed by atoms with Crippen molar-refractivity contribution in [3.63, 3.8) is 0 Å². The zero-order valence-corrected chi connectivity index (χ0v) is 28.6. The van der Waals surface area contributed by atoms with Gasteiger partial charge in [0.15, 0.2) is 16.3 Å². The average molecular weight is 673 g/mol. The van der Waals surface area contributed by atoms with E-state index in [2.05, 4.69) is 6.58 Å². The molecular weight excluding hydrogens is 636 g/mol. The number of fused-ring (bicyclic) bond motifs is 1. The zero-order valence-electron chi connectivity index (χ0n) is 27.0. The lowest BCUT2D eigenvalue weighted by Gasteiger charge is -2.25. The lowest BCUT2D eigenvalue weighted by atomic mass is 9.95. The summed E-state index contributed by atoms with van der Waals surface area (Å²) in [7, 11) is 1.55. The van der Waals surface area contributed by atoms with Gasteiger partial charge in [-0.05, 0) is 87.2 Å². The number of carbonyl (C=O) groups is 1. The normalized spacial score (nSPS) is 14.4. The summed E-state index contributed by atoms with van der Waals surface area (Å²) in [6.45, 7) is 11.8. The summed E-state index contributed by atoms with van der Waals surface area (Å²) >= 11 is 7.59. The number of halogens is 1. The maximum absolute atomic E-state index is 14.2. The average Bonchev–Trinajstić information content (AvgIpc) is 3.34. The number of methoxy groups -OCH3 is 1. The Balaban J connectivity index is 1.59. The highest BCUT2D eigenvalue weighted by Gasteiger charge is 2.34. The highest BCUT2D eigenvalue weighted by Crippen LogP contribution is 2.36. The van der Waals surface area contributed by atoms with Gasteiger partial charge in [0.05, 0.1) is 41.7 Å². The van der Waals surface area contributed by atoms with Crippen LogP contribution in [0.4, 0.5) is 0 Å². The fourth-order valence-electron chi connectivity index (χ4n) is 5.38. The second kappa shape index (κ2) is 14.9. The Bertz CT molecular complexity index is 2030. The van der Waals surface area contributed by atoms with Crippen molar-refractivity contribution in [2.45, 2.75) is 52.9 Å². The topological polar surface area (TPSA) is 88.4 Å². The van der Waals surface area contributed by atoms with Crippen molar-refractivity contribution in [2.24, 2.45) is 4.99 Å². The molecule has 1 atom stereocenters. The quantitative estimate of drug-likeness (QED) is 0.125. The van der Waals surface area contributed by atoms with E-state index in [1.54, 1.807) is 43.7 Å². The van der Waals surface area contributed by atoms with E-state index in [-0.39, 0.29) is 18.3 Å². The second-order valence-corrected chi connectivity index (χ2v) is 12.5. The van der Waals surface area contributed by atoms with Crippen LogP contribution in [-0.4, -0.2) is 30.4 Å². The van der Waals surface area contributed by atoms with Crippen molar-refractivity contribution >= 4 is 35.0 Å². The van der Waals surface area contributed by atoms with Crippen molar-refractivity contribution < 1.29 is 23.7 Å². The van der Waals surface area contributed by atoms with Crippen LogP contribution in [0, 0.1) is 0 Å². The molecule has 0 saturated carbocycles. The molecule has 0 radical (unpaired) electrons. The number of carbonyl (C=O) groups excluding carboxylic acids is 1. The van der Waals surface area contributed by atoms with Gasteiger partial charge < -0.3 is 18.9 Å². The van der Waals surface area contributed by atoms with E-state index in [4.69, 9.17) is 35.5 Å². The Hall–Kier alpha value is -4.60. The molecule has 244 valence electrons. The number of rotatable bonds is 12. The van der Waals surface area contributed by atoms with E-state index in [1.807, 2.05) is 68.5 Å². The van der Waals surface area contributed by atoms with Crippen LogP contribution in [0.3, 0.4) is 0 Å². The summed E-state index contributed by atoms with van der Waals surface area (Å²) in [4.78, 5) is 32.7. The van der Waals surface area contributed by atoms with Gasteiger partial charge in [0, 0.05) is 10.6 Å². The van der Waals surface area contributed by atoms with E-state index in [0.717, 1.165) is 16.7 Å². The first-order valence-corrected chi connectivity index (χ1v) is 16.5. The first-order valence-electron chi connectivity index (χ1n) is 15.3. The van der Waals surface area contributed by atoms with Crippen molar-refractivity contribution in [2.75, 3.05) is 13.7 Å². The molecule has 0 aliphatic carbocycles. The molecule has 0 saturated heterocycles. The second-order valence-electron chi connectivity index (χ2n) is 11.1. The molecule has 0 amide bonds. The summed E-state index contributed by atoms with van der Waals surface area (Å²) in [6.07, 6.45) is 4.14. The first kappa shape index (κ1) is 33.8. The third-order valence-corrected chi connectivity index (χ3v) is 8.82. The van der Waals surface area contributed by atoms with Crippen LogP contribution in [0.15, 0.2) is 94.4 Å². The molecule has 0 unspecified atom stereocenters. The molecule has 1 aliphatic rings. The van der Waals surface area contributed by atoms with Crippen LogP contribution in [0.1, 0.15) is 56.0 Å². The third kappa shape index (κ3) is 7.37. The Kier molecular flexibility index (Phi) is 10.7. The number of nitrogens with zero attached hydrogens (tertiary/aromatic N) is 2. The lowest BCUT2D eigenvalue weighted by Crippen LogP contribution is -2.40. The predicted octanol–water partition coefficient (Wildman–Crippen LogP) is 6.56. The summed E-state index contributed by atoms with van der Waals surface area (Å²) in [5.74, 6) is 1.22. The number of hydrogen-bond acceptors (Lipinski definition) is 8. The van der Waals surface area contributed by atoms with Gasteiger partial charge in [0.25, 0.3) is 5.56 Å². The smallest absolute Gasteiger partial charge is 0.338 e. The predicted molar refractivity (Wildman–Crippen MR) is 185 cm³/mol. The zero-order chi connectivity index (χ0) is 33.7. The molecule has 5 rings (SSSR count). The Morgan fingerprint density at radius 2 is 1.85 bits per heavy atom. The van der Waals surface area contributed by atoms with Gasteiger partial charge in [0.2, 0.25) is 0 Å². The van der Waals surface area contributed by atoms with Crippen molar-refractivity contribution in [1.29, 1.82) is 0 Å². The van der Waals surface area contributed by atoms with Crippen LogP contribution in [0.25, 0.3) is 6.08 Å². The molecule has 0 fully saturated rings. The molecule has 3 aromatic carbocycles. The van der Waals surface area contributed by atoms with Crippen molar-refractivity contribution in [3.05, 3.63) is 132 Å². The van der Waals surface area contributed by atoms with E-state index >= 15 is 0 Å². The Labute approximate surface area is 282 Å². The van der Waals surface area contributed by atoms with E-state index < -0.39 is 12.0 Å². The highest BCUT2D eigenvalue weighted by atomic mass is 35.5. The molecule has 1 aromatic heterocycles. The van der Waals surface area contributed by atoms with Crippen LogP contribution in [-0.2, 0) is 22.6 Å². The molecule has 8 nitrogen and oxygen atoms in total. The molecule has 47 heavy (non-hydrogen) atoms. The number of thiazole rings is 1. The number of hydrogen-bond donors (Lipinski definition) is 0. The van der Waals surface area contributed by atoms with Crippen LogP contribution in [0.5, 0.6) is 17.2 Å². The minimum absolute atomic E-state index is 0.0698. The highest BCUT2D eigenvalue weighted by molar-refractivity contribution is 7.07. The monoisotopic (exact) mass is 672 g/mol. The number of benzene rings is 3. The van der Waals surface area contributed by atoms with Crippen LogP contribution >= 0.6 is 22.9 Å². The minimum atomic E-state index is -0.786. The van der Waals surface area contributed by atoms with Gasteiger partial charge in [-0.1, -0.05) is 59.3 Å². The van der Waals surface area contributed by atoms with Gasteiger partial charge in [-0.15, -0.1) is 6.58 Å².